The molecule has 20 heavy (non-hydrogen) atoms. The Labute approximate surface area is 129 Å². The molecule has 6 nitrogen and oxygen atoms in total. The van der Waals surface area contributed by atoms with Crippen molar-refractivity contribution in [1.82, 2.24) is 9.97 Å². The third-order valence-corrected chi connectivity index (χ3v) is 4.47. The second kappa shape index (κ2) is 5.55. The third-order valence-electron chi connectivity index (χ3n) is 2.43. The number of pyridine rings is 2. The number of nitrogens with one attached hydrogen (secondary N) is 1. The Kier molecular flexibility index (Phi) is 4.17. The molecule has 0 unspecified atom stereocenters. The lowest BCUT2D eigenvalue weighted by molar-refractivity contribution is 0.600. The topological polar surface area (TPSA) is 98.0 Å². The van der Waals surface area contributed by atoms with Crippen LogP contribution < -0.4 is 10.5 Å². The Morgan fingerprint density at radius 3 is 2.60 bits per heavy atom. The van der Waals surface area contributed by atoms with Crippen molar-refractivity contribution in [2.75, 3.05) is 10.5 Å². The molecule has 0 fully saturated rings. The van der Waals surface area contributed by atoms with Crippen LogP contribution in [0.2, 0.25) is 5.02 Å². The summed E-state index contributed by atoms with van der Waals surface area (Å²) in [5.74, 6) is 0.310. The molecule has 0 spiro atoms. The quantitative estimate of drug-likeness (QED) is 0.856. The van der Waals surface area contributed by atoms with Gasteiger partial charge in [0.25, 0.3) is 10.0 Å². The van der Waals surface area contributed by atoms with Crippen LogP contribution in [0.5, 0.6) is 0 Å². The van der Waals surface area contributed by atoms with Gasteiger partial charge in [0.15, 0.2) is 0 Å². The fourth-order valence-corrected chi connectivity index (χ4v) is 3.14. The standard InChI is InChI=1S/C11H10BrClN4O2S/c1-6-2-7(12)4-16-11(6)17-20(18,19)8-3-9(13)10(14)15-5-8/h2-5H,1H3,(H2,14,15)(H,16,17). The molecule has 106 valence electrons. The van der Waals surface area contributed by atoms with Gasteiger partial charge in [-0.1, -0.05) is 11.6 Å². The Bertz CT molecular complexity index is 767. The maximum atomic E-state index is 12.2. The molecule has 2 rings (SSSR count). The molecule has 0 amide bonds. The molecule has 0 aromatic carbocycles. The van der Waals surface area contributed by atoms with E-state index in [9.17, 15) is 8.42 Å². The highest BCUT2D eigenvalue weighted by Crippen LogP contribution is 2.23. The van der Waals surface area contributed by atoms with Crippen molar-refractivity contribution in [1.29, 1.82) is 0 Å². The van der Waals surface area contributed by atoms with E-state index in [1.807, 2.05) is 0 Å². The minimum absolute atomic E-state index is 0.0727. The van der Waals surface area contributed by atoms with Gasteiger partial charge in [0, 0.05) is 16.9 Å². The molecule has 0 atom stereocenters. The number of halogens is 2. The number of hydrogen-bond donors (Lipinski definition) is 2. The minimum Gasteiger partial charge on any atom is -0.382 e. The summed E-state index contributed by atoms with van der Waals surface area (Å²) in [6, 6.07) is 2.99. The van der Waals surface area contributed by atoms with Crippen LogP contribution in [-0.4, -0.2) is 18.4 Å². The molecule has 0 bridgehead atoms. The summed E-state index contributed by atoms with van der Waals surface area (Å²) >= 11 is 9.03. The lowest BCUT2D eigenvalue weighted by atomic mass is 10.3. The van der Waals surface area contributed by atoms with E-state index in [1.54, 1.807) is 13.0 Å². The third kappa shape index (κ3) is 3.20. The van der Waals surface area contributed by atoms with Gasteiger partial charge in [-0.05, 0) is 40.5 Å². The molecular weight excluding hydrogens is 368 g/mol. The molecule has 3 N–H and O–H groups in total. The van der Waals surface area contributed by atoms with E-state index < -0.39 is 10.0 Å². The molecule has 0 aliphatic rings. The first kappa shape index (κ1) is 15.0. The minimum atomic E-state index is -3.82. The number of hydrogen-bond acceptors (Lipinski definition) is 5. The molecule has 0 aliphatic heterocycles. The number of rotatable bonds is 3. The van der Waals surface area contributed by atoms with Gasteiger partial charge in [-0.25, -0.2) is 18.4 Å². The number of aryl methyl sites for hydroxylation is 1. The van der Waals surface area contributed by atoms with E-state index in [4.69, 9.17) is 17.3 Å². The Morgan fingerprint density at radius 2 is 2.00 bits per heavy atom. The van der Waals surface area contributed by atoms with Crippen LogP contribution in [-0.2, 0) is 10.0 Å². The van der Waals surface area contributed by atoms with Crippen LogP contribution in [0.3, 0.4) is 0 Å². The van der Waals surface area contributed by atoms with Crippen molar-refractivity contribution in [2.45, 2.75) is 11.8 Å². The van der Waals surface area contributed by atoms with Gasteiger partial charge in [-0.15, -0.1) is 0 Å². The van der Waals surface area contributed by atoms with Crippen molar-refractivity contribution in [3.63, 3.8) is 0 Å². The lowest BCUT2D eigenvalue weighted by Crippen LogP contribution is -2.15. The summed E-state index contributed by atoms with van der Waals surface area (Å²) < 4.78 is 27.5. The SMILES string of the molecule is Cc1cc(Br)cnc1NS(=O)(=O)c1cnc(N)c(Cl)c1. The van der Waals surface area contributed by atoms with E-state index in [-0.39, 0.29) is 21.6 Å². The Balaban J connectivity index is 2.38. The summed E-state index contributed by atoms with van der Waals surface area (Å²) in [6.07, 6.45) is 2.64. The summed E-state index contributed by atoms with van der Waals surface area (Å²) in [5, 5.41) is 0.0772. The highest BCUT2D eigenvalue weighted by molar-refractivity contribution is 9.10. The molecule has 0 saturated heterocycles. The first-order valence-corrected chi connectivity index (χ1v) is 8.01. The van der Waals surface area contributed by atoms with E-state index in [1.165, 1.54) is 12.3 Å². The maximum Gasteiger partial charge on any atom is 0.264 e. The van der Waals surface area contributed by atoms with E-state index in [2.05, 4.69) is 30.6 Å². The summed E-state index contributed by atoms with van der Waals surface area (Å²) in [5.41, 5.74) is 6.13. The van der Waals surface area contributed by atoms with Gasteiger partial charge < -0.3 is 5.73 Å². The molecule has 9 heteroatoms. The zero-order chi connectivity index (χ0) is 14.9. The van der Waals surface area contributed by atoms with Gasteiger partial charge in [0.1, 0.15) is 16.5 Å². The van der Waals surface area contributed by atoms with Crippen molar-refractivity contribution in [2.24, 2.45) is 0 Å². The highest BCUT2D eigenvalue weighted by atomic mass is 79.9. The Hall–Kier alpha value is -1.38. The summed E-state index contributed by atoms with van der Waals surface area (Å²) in [7, 11) is -3.82. The number of nitrogen functional groups attached to an aromatic ring is 1. The maximum absolute atomic E-state index is 12.2. The van der Waals surface area contributed by atoms with Crippen molar-refractivity contribution >= 4 is 49.2 Å². The first-order chi connectivity index (χ1) is 9.29. The summed E-state index contributed by atoms with van der Waals surface area (Å²) in [4.78, 5) is 7.65. The van der Waals surface area contributed by atoms with Crippen LogP contribution in [0.15, 0.2) is 33.9 Å². The van der Waals surface area contributed by atoms with E-state index in [0.29, 0.717) is 5.56 Å². The molecular formula is C11H10BrClN4O2S. The van der Waals surface area contributed by atoms with Crippen LogP contribution in [0, 0.1) is 6.92 Å². The van der Waals surface area contributed by atoms with Crippen LogP contribution in [0.25, 0.3) is 0 Å². The number of aromatic nitrogens is 2. The molecule has 0 aliphatic carbocycles. The van der Waals surface area contributed by atoms with Crippen LogP contribution >= 0.6 is 27.5 Å². The zero-order valence-electron chi connectivity index (χ0n) is 10.3. The van der Waals surface area contributed by atoms with E-state index >= 15 is 0 Å². The fraction of sp³-hybridized carbons (Fsp3) is 0.0909. The van der Waals surface area contributed by atoms with Gasteiger partial charge in [0.05, 0.1) is 5.02 Å². The van der Waals surface area contributed by atoms with Crippen molar-refractivity contribution in [3.05, 3.63) is 39.6 Å². The zero-order valence-corrected chi connectivity index (χ0v) is 13.4. The number of anilines is 2. The largest absolute Gasteiger partial charge is 0.382 e. The Morgan fingerprint density at radius 1 is 1.30 bits per heavy atom. The first-order valence-electron chi connectivity index (χ1n) is 5.35. The second-order valence-electron chi connectivity index (χ2n) is 3.96. The van der Waals surface area contributed by atoms with Gasteiger partial charge in [-0.3, -0.25) is 4.72 Å². The molecule has 2 aromatic rings. The highest BCUT2D eigenvalue weighted by Gasteiger charge is 2.18. The van der Waals surface area contributed by atoms with Crippen molar-refractivity contribution in [3.8, 4) is 0 Å². The number of sulfonamides is 1. The average Bonchev–Trinajstić information content (AvgIpc) is 2.36. The van der Waals surface area contributed by atoms with Crippen LogP contribution in [0.4, 0.5) is 11.6 Å². The molecule has 0 saturated carbocycles. The van der Waals surface area contributed by atoms with Gasteiger partial charge in [0.2, 0.25) is 0 Å². The predicted molar refractivity (Wildman–Crippen MR) is 81.1 cm³/mol. The normalized spacial score (nSPS) is 11.3. The monoisotopic (exact) mass is 376 g/mol. The lowest BCUT2D eigenvalue weighted by Gasteiger charge is -2.10. The number of nitrogens with zero attached hydrogens (tertiary/aromatic N) is 2. The molecule has 2 aromatic heterocycles. The van der Waals surface area contributed by atoms with Crippen LogP contribution in [0.1, 0.15) is 5.56 Å². The smallest absolute Gasteiger partial charge is 0.264 e. The van der Waals surface area contributed by atoms with Gasteiger partial charge >= 0.3 is 0 Å². The van der Waals surface area contributed by atoms with Crippen molar-refractivity contribution < 1.29 is 8.42 Å². The second-order valence-corrected chi connectivity index (χ2v) is 6.97. The predicted octanol–water partition coefficient (Wildman–Crippen LogP) is 2.58. The van der Waals surface area contributed by atoms with Gasteiger partial charge in [-0.2, -0.15) is 0 Å². The molecule has 2 heterocycles. The number of nitrogens with two attached hydrogens (primary N) is 1. The average molecular weight is 378 g/mol. The molecule has 0 radical (unpaired) electrons. The summed E-state index contributed by atoms with van der Waals surface area (Å²) in [6.45, 7) is 1.74. The fourth-order valence-electron chi connectivity index (χ4n) is 1.41. The van der Waals surface area contributed by atoms with E-state index in [0.717, 1.165) is 10.7 Å².